The van der Waals surface area contributed by atoms with E-state index in [4.69, 9.17) is 6.42 Å². The van der Waals surface area contributed by atoms with Gasteiger partial charge in [-0.1, -0.05) is 6.07 Å². The van der Waals surface area contributed by atoms with Crippen LogP contribution in [0.25, 0.3) is 0 Å². The van der Waals surface area contributed by atoms with E-state index in [0.717, 1.165) is 18.5 Å². The largest absolute Gasteiger partial charge is 0.261 e. The van der Waals surface area contributed by atoms with Gasteiger partial charge >= 0.3 is 0 Å². The highest BCUT2D eigenvalue weighted by atomic mass is 14.6. The van der Waals surface area contributed by atoms with Crippen molar-refractivity contribution in [2.24, 2.45) is 0 Å². The maximum absolute atomic E-state index is 5.14. The number of aromatic nitrogens is 1. The van der Waals surface area contributed by atoms with Gasteiger partial charge in [0, 0.05) is 18.3 Å². The van der Waals surface area contributed by atoms with Crippen LogP contribution in [-0.2, 0) is 6.42 Å². The molecule has 1 rings (SSSR count). The number of rotatable bonds is 2. The molecule has 0 spiro atoms. The molecule has 1 aromatic rings. The van der Waals surface area contributed by atoms with Crippen molar-refractivity contribution in [3.8, 4) is 12.3 Å². The summed E-state index contributed by atoms with van der Waals surface area (Å²) in [4.78, 5) is 4.16. The molecule has 0 aliphatic heterocycles. The van der Waals surface area contributed by atoms with Gasteiger partial charge in [-0.05, 0) is 25.0 Å². The number of terminal acetylenes is 1. The lowest BCUT2D eigenvalue weighted by Gasteiger charge is -1.96. The van der Waals surface area contributed by atoms with Crippen LogP contribution in [0.4, 0.5) is 0 Å². The van der Waals surface area contributed by atoms with Crippen molar-refractivity contribution < 1.29 is 0 Å². The third-order valence-electron chi connectivity index (χ3n) is 1.53. The molecule has 0 amide bonds. The topological polar surface area (TPSA) is 12.9 Å². The molecule has 1 heteroatoms. The van der Waals surface area contributed by atoms with Gasteiger partial charge in [-0.15, -0.1) is 12.3 Å². The minimum atomic E-state index is 0.796. The van der Waals surface area contributed by atoms with E-state index in [1.165, 1.54) is 5.56 Å². The zero-order chi connectivity index (χ0) is 8.10. The highest BCUT2D eigenvalue weighted by Gasteiger charge is 1.90. The van der Waals surface area contributed by atoms with Gasteiger partial charge in [0.05, 0.1) is 0 Å². The van der Waals surface area contributed by atoms with Crippen LogP contribution in [0.2, 0.25) is 0 Å². The summed E-state index contributed by atoms with van der Waals surface area (Å²) in [5.41, 5.74) is 2.27. The maximum atomic E-state index is 5.14. The molecule has 11 heavy (non-hydrogen) atoms. The molecule has 0 aromatic carbocycles. The Balaban J connectivity index is 2.60. The van der Waals surface area contributed by atoms with Gasteiger partial charge in [-0.2, -0.15) is 0 Å². The molecule has 0 bridgehead atoms. The Morgan fingerprint density at radius 2 is 2.36 bits per heavy atom. The molecule has 0 saturated heterocycles. The van der Waals surface area contributed by atoms with Crippen LogP contribution >= 0.6 is 0 Å². The van der Waals surface area contributed by atoms with Crippen LogP contribution in [0.15, 0.2) is 18.3 Å². The van der Waals surface area contributed by atoms with Crippen molar-refractivity contribution in [2.45, 2.75) is 19.8 Å². The number of aryl methyl sites for hydroxylation is 2. The summed E-state index contributed by atoms with van der Waals surface area (Å²) in [5, 5.41) is 0. The molecule has 0 unspecified atom stereocenters. The van der Waals surface area contributed by atoms with Gasteiger partial charge in [0.25, 0.3) is 0 Å². The van der Waals surface area contributed by atoms with Gasteiger partial charge in [0.2, 0.25) is 0 Å². The van der Waals surface area contributed by atoms with E-state index in [1.807, 2.05) is 19.2 Å². The molecule has 0 aliphatic carbocycles. The Kier molecular flexibility index (Phi) is 2.68. The van der Waals surface area contributed by atoms with Crippen LogP contribution < -0.4 is 0 Å². The normalized spacial score (nSPS) is 9.09. The summed E-state index contributed by atoms with van der Waals surface area (Å²) < 4.78 is 0. The Morgan fingerprint density at radius 1 is 1.55 bits per heavy atom. The number of pyridine rings is 1. The first-order chi connectivity index (χ1) is 5.33. The van der Waals surface area contributed by atoms with Crippen molar-refractivity contribution in [3.63, 3.8) is 0 Å². The van der Waals surface area contributed by atoms with E-state index in [2.05, 4.69) is 17.0 Å². The van der Waals surface area contributed by atoms with Crippen LogP contribution in [-0.4, -0.2) is 4.98 Å². The summed E-state index contributed by atoms with van der Waals surface area (Å²) in [6, 6.07) is 4.07. The molecule has 0 radical (unpaired) electrons. The van der Waals surface area contributed by atoms with Crippen molar-refractivity contribution >= 4 is 0 Å². The lowest BCUT2D eigenvalue weighted by Crippen LogP contribution is -1.86. The standard InChI is InChI=1S/C10H11N/c1-3-4-5-10-7-6-9(2)11-8-10/h1,6-8H,4-5H2,2H3. The Morgan fingerprint density at radius 3 is 2.91 bits per heavy atom. The zero-order valence-electron chi connectivity index (χ0n) is 6.67. The molecular weight excluding hydrogens is 134 g/mol. The SMILES string of the molecule is C#CCCc1ccc(C)nc1. The van der Waals surface area contributed by atoms with Crippen LogP contribution in [0.5, 0.6) is 0 Å². The molecule has 1 heterocycles. The Hall–Kier alpha value is -1.29. The second kappa shape index (κ2) is 3.78. The molecule has 56 valence electrons. The number of nitrogens with zero attached hydrogens (tertiary/aromatic N) is 1. The molecule has 0 aliphatic rings. The van der Waals surface area contributed by atoms with E-state index in [1.54, 1.807) is 0 Å². The monoisotopic (exact) mass is 145 g/mol. The lowest BCUT2D eigenvalue weighted by atomic mass is 10.1. The third kappa shape index (κ3) is 2.43. The second-order valence-corrected chi connectivity index (χ2v) is 2.51. The smallest absolute Gasteiger partial charge is 0.0372 e. The summed E-state index contributed by atoms with van der Waals surface area (Å²) in [7, 11) is 0. The minimum Gasteiger partial charge on any atom is -0.261 e. The first-order valence-corrected chi connectivity index (χ1v) is 3.68. The fraction of sp³-hybridized carbons (Fsp3) is 0.300. The third-order valence-corrected chi connectivity index (χ3v) is 1.53. The number of hydrogen-bond donors (Lipinski definition) is 0. The predicted octanol–water partition coefficient (Wildman–Crippen LogP) is 1.96. The first kappa shape index (κ1) is 7.81. The van der Waals surface area contributed by atoms with Crippen molar-refractivity contribution in [2.75, 3.05) is 0 Å². The average Bonchev–Trinajstić information content (AvgIpc) is 2.04. The van der Waals surface area contributed by atoms with Crippen molar-refractivity contribution in [1.29, 1.82) is 0 Å². The van der Waals surface area contributed by atoms with E-state index in [0.29, 0.717) is 0 Å². The summed E-state index contributed by atoms with van der Waals surface area (Å²) in [5.74, 6) is 2.60. The highest BCUT2D eigenvalue weighted by molar-refractivity contribution is 5.14. The molecule has 1 nitrogen and oxygen atoms in total. The maximum Gasteiger partial charge on any atom is 0.0372 e. The van der Waals surface area contributed by atoms with E-state index < -0.39 is 0 Å². The second-order valence-electron chi connectivity index (χ2n) is 2.51. The van der Waals surface area contributed by atoms with Gasteiger partial charge in [-0.3, -0.25) is 4.98 Å². The molecule has 0 N–H and O–H groups in total. The average molecular weight is 145 g/mol. The minimum absolute atomic E-state index is 0.796. The summed E-state index contributed by atoms with van der Waals surface area (Å²) >= 11 is 0. The molecular formula is C10H11N. The van der Waals surface area contributed by atoms with Crippen LogP contribution in [0, 0.1) is 19.3 Å². The molecule has 0 fully saturated rings. The lowest BCUT2D eigenvalue weighted by molar-refractivity contribution is 1.00. The molecule has 1 aromatic heterocycles. The predicted molar refractivity (Wildman–Crippen MR) is 46.1 cm³/mol. The zero-order valence-corrected chi connectivity index (χ0v) is 6.67. The van der Waals surface area contributed by atoms with Crippen molar-refractivity contribution in [1.82, 2.24) is 4.98 Å². The highest BCUT2D eigenvalue weighted by Crippen LogP contribution is 2.01. The number of hydrogen-bond acceptors (Lipinski definition) is 1. The molecule has 0 atom stereocenters. The van der Waals surface area contributed by atoms with Gasteiger partial charge in [0.15, 0.2) is 0 Å². The Bertz CT molecular complexity index is 253. The van der Waals surface area contributed by atoms with Gasteiger partial charge in [-0.25, -0.2) is 0 Å². The van der Waals surface area contributed by atoms with Gasteiger partial charge < -0.3 is 0 Å². The summed E-state index contributed by atoms with van der Waals surface area (Å²) in [6.45, 7) is 1.98. The van der Waals surface area contributed by atoms with E-state index in [9.17, 15) is 0 Å². The molecule has 0 saturated carbocycles. The quantitative estimate of drug-likeness (QED) is 0.580. The summed E-state index contributed by atoms with van der Waals surface area (Å²) in [6.07, 6.45) is 8.75. The van der Waals surface area contributed by atoms with Crippen molar-refractivity contribution in [3.05, 3.63) is 29.6 Å². The van der Waals surface area contributed by atoms with Gasteiger partial charge in [0.1, 0.15) is 0 Å². The van der Waals surface area contributed by atoms with Crippen LogP contribution in [0.3, 0.4) is 0 Å². The fourth-order valence-electron chi connectivity index (χ4n) is 0.863. The fourth-order valence-corrected chi connectivity index (χ4v) is 0.863. The van der Waals surface area contributed by atoms with E-state index >= 15 is 0 Å². The first-order valence-electron chi connectivity index (χ1n) is 3.68. The Labute approximate surface area is 67.5 Å². The van der Waals surface area contributed by atoms with Crippen LogP contribution in [0.1, 0.15) is 17.7 Å². The van der Waals surface area contributed by atoms with E-state index in [-0.39, 0.29) is 0 Å².